The smallest absolute Gasteiger partial charge is 0.407 e. The molecule has 0 unspecified atom stereocenters. The van der Waals surface area contributed by atoms with E-state index >= 15 is 0 Å². The summed E-state index contributed by atoms with van der Waals surface area (Å²) in [4.78, 5) is 14.4. The van der Waals surface area contributed by atoms with Crippen LogP contribution < -0.4 is 5.32 Å². The van der Waals surface area contributed by atoms with Crippen molar-refractivity contribution in [1.82, 2.24) is 10.2 Å². The maximum atomic E-state index is 12.0. The van der Waals surface area contributed by atoms with Gasteiger partial charge in [0.25, 0.3) is 0 Å². The van der Waals surface area contributed by atoms with Gasteiger partial charge in [0, 0.05) is 19.1 Å². The van der Waals surface area contributed by atoms with Gasteiger partial charge in [0.15, 0.2) is 0 Å². The molecule has 3 atom stereocenters. The van der Waals surface area contributed by atoms with Gasteiger partial charge in [0.2, 0.25) is 5.76 Å². The van der Waals surface area contributed by atoms with Crippen LogP contribution in [-0.2, 0) is 11.3 Å². The molecule has 1 aliphatic heterocycles. The lowest BCUT2D eigenvalue weighted by Crippen LogP contribution is -2.42. The molecule has 0 spiro atoms. The quantitative estimate of drug-likeness (QED) is 0.921. The third-order valence-corrected chi connectivity index (χ3v) is 4.79. The van der Waals surface area contributed by atoms with Crippen molar-refractivity contribution in [3.63, 3.8) is 0 Å². The Balaban J connectivity index is 1.54. The van der Waals surface area contributed by atoms with E-state index in [2.05, 4.69) is 10.2 Å². The van der Waals surface area contributed by atoms with Gasteiger partial charge in [-0.05, 0) is 57.6 Å². The molecular weight excluding hydrogens is 306 g/mol. The van der Waals surface area contributed by atoms with Gasteiger partial charge in [0.05, 0.1) is 6.54 Å². The monoisotopic (exact) mass is 331 g/mol. The number of hydrogen-bond acceptors (Lipinski definition) is 5. The van der Waals surface area contributed by atoms with Crippen LogP contribution >= 0.6 is 0 Å². The van der Waals surface area contributed by atoms with Crippen molar-refractivity contribution >= 4 is 6.09 Å². The highest BCUT2D eigenvalue weighted by atomic mass is 16.6. The van der Waals surface area contributed by atoms with Crippen LogP contribution in [0.15, 0.2) is 16.5 Å². The van der Waals surface area contributed by atoms with Gasteiger partial charge in [-0.3, -0.25) is 4.90 Å². The summed E-state index contributed by atoms with van der Waals surface area (Å²) in [6.45, 7) is 8.29. The molecule has 1 saturated carbocycles. The summed E-state index contributed by atoms with van der Waals surface area (Å²) in [6.07, 6.45) is 1.82. The first kappa shape index (κ1) is 16.8. The summed E-state index contributed by atoms with van der Waals surface area (Å²) >= 11 is 0. The highest BCUT2D eigenvalue weighted by Crippen LogP contribution is 2.38. The fraction of sp³-hybridized carbons (Fsp3) is 0.667. The van der Waals surface area contributed by atoms with Crippen molar-refractivity contribution in [1.29, 1.82) is 5.26 Å². The molecule has 3 rings (SSSR count). The summed E-state index contributed by atoms with van der Waals surface area (Å²) in [5.74, 6) is 2.25. The first-order chi connectivity index (χ1) is 11.3. The molecule has 6 heteroatoms. The number of likely N-dealkylation sites (tertiary alicyclic amines) is 1. The Morgan fingerprint density at radius 3 is 2.88 bits per heavy atom. The van der Waals surface area contributed by atoms with Crippen LogP contribution in [0.3, 0.4) is 0 Å². The van der Waals surface area contributed by atoms with Crippen LogP contribution in [-0.4, -0.2) is 35.7 Å². The first-order valence-electron chi connectivity index (χ1n) is 8.55. The molecule has 0 radical (unpaired) electrons. The molecular formula is C18H25N3O3. The summed E-state index contributed by atoms with van der Waals surface area (Å²) in [5.41, 5.74) is -0.471. The average molecular weight is 331 g/mol. The average Bonchev–Trinajstić information content (AvgIpc) is 3.15. The zero-order chi connectivity index (χ0) is 17.3. The number of nitrogens with one attached hydrogen (secondary N) is 1. The fourth-order valence-corrected chi connectivity index (χ4v) is 3.87. The predicted octanol–water partition coefficient (Wildman–Crippen LogP) is 2.89. The van der Waals surface area contributed by atoms with Crippen LogP contribution in [0.5, 0.6) is 0 Å². The van der Waals surface area contributed by atoms with Crippen LogP contribution in [0.2, 0.25) is 0 Å². The minimum absolute atomic E-state index is 0.182. The largest absolute Gasteiger partial charge is 0.449 e. The number of nitriles is 1. The second-order valence-corrected chi connectivity index (χ2v) is 7.83. The molecule has 1 aliphatic carbocycles. The van der Waals surface area contributed by atoms with Crippen LogP contribution in [0.25, 0.3) is 0 Å². The van der Waals surface area contributed by atoms with Gasteiger partial charge in [-0.1, -0.05) is 0 Å². The lowest BCUT2D eigenvalue weighted by molar-refractivity contribution is 0.0491. The molecule has 2 aliphatic rings. The number of ether oxygens (including phenoxy) is 1. The maximum absolute atomic E-state index is 12.0. The molecule has 1 aromatic rings. The zero-order valence-electron chi connectivity index (χ0n) is 14.5. The minimum atomic E-state index is -0.471. The number of rotatable bonds is 3. The highest BCUT2D eigenvalue weighted by Gasteiger charge is 2.43. The SMILES string of the molecule is CC(C)(C)OC(=O)N[C@@H]1CC[C@@H]2CN(Cc3ccc(C#N)o3)C[C@H]21. The van der Waals surface area contributed by atoms with Gasteiger partial charge in [-0.25, -0.2) is 4.79 Å². The summed E-state index contributed by atoms with van der Waals surface area (Å²) in [6, 6.07) is 5.77. The van der Waals surface area contributed by atoms with E-state index in [-0.39, 0.29) is 12.1 Å². The summed E-state index contributed by atoms with van der Waals surface area (Å²) in [7, 11) is 0. The highest BCUT2D eigenvalue weighted by molar-refractivity contribution is 5.68. The van der Waals surface area contributed by atoms with Gasteiger partial charge in [-0.2, -0.15) is 5.26 Å². The van der Waals surface area contributed by atoms with Gasteiger partial charge < -0.3 is 14.5 Å². The van der Waals surface area contributed by atoms with Crippen molar-refractivity contribution < 1.29 is 13.9 Å². The molecule has 2 fully saturated rings. The van der Waals surface area contributed by atoms with Gasteiger partial charge >= 0.3 is 6.09 Å². The lowest BCUT2D eigenvalue weighted by Gasteiger charge is -2.24. The second kappa shape index (κ2) is 6.48. The minimum Gasteiger partial charge on any atom is -0.449 e. The molecule has 0 bridgehead atoms. The van der Waals surface area contributed by atoms with E-state index in [1.165, 1.54) is 0 Å². The standard InChI is InChI=1S/C18H25N3O3/c1-18(2,3)24-17(22)20-16-7-4-12-9-21(11-15(12)16)10-14-6-5-13(8-19)23-14/h5-6,12,15-16H,4,7,9-11H2,1-3H3,(H,20,22)/t12-,15-,16-/m1/s1. The van der Waals surface area contributed by atoms with Crippen molar-refractivity contribution in [2.75, 3.05) is 13.1 Å². The predicted molar refractivity (Wildman–Crippen MR) is 88.1 cm³/mol. The van der Waals surface area contributed by atoms with Crippen LogP contribution in [0, 0.1) is 23.2 Å². The number of fused-ring (bicyclic) bond motifs is 1. The number of alkyl carbamates (subject to hydrolysis) is 1. The third-order valence-electron chi connectivity index (χ3n) is 4.79. The molecule has 6 nitrogen and oxygen atoms in total. The Kier molecular flexibility index (Phi) is 4.55. The topological polar surface area (TPSA) is 78.5 Å². The molecule has 0 aromatic carbocycles. The Labute approximate surface area is 142 Å². The zero-order valence-corrected chi connectivity index (χ0v) is 14.5. The maximum Gasteiger partial charge on any atom is 0.407 e. The van der Waals surface area contributed by atoms with E-state index in [9.17, 15) is 4.79 Å². The van der Waals surface area contributed by atoms with E-state index in [4.69, 9.17) is 14.4 Å². The molecule has 24 heavy (non-hydrogen) atoms. The normalized spacial score (nSPS) is 26.8. The molecule has 130 valence electrons. The fourth-order valence-electron chi connectivity index (χ4n) is 3.87. The molecule has 1 aromatic heterocycles. The molecule has 1 saturated heterocycles. The number of hydrogen-bond donors (Lipinski definition) is 1. The third kappa shape index (κ3) is 3.90. The molecule has 2 heterocycles. The van der Waals surface area contributed by atoms with E-state index in [0.717, 1.165) is 31.7 Å². The summed E-state index contributed by atoms with van der Waals surface area (Å²) in [5, 5.41) is 11.9. The molecule has 1 N–H and O–H groups in total. The van der Waals surface area contributed by atoms with Crippen molar-refractivity contribution in [2.45, 2.75) is 51.8 Å². The first-order valence-corrected chi connectivity index (χ1v) is 8.55. The number of amides is 1. The van der Waals surface area contributed by atoms with E-state index in [0.29, 0.717) is 24.1 Å². The van der Waals surface area contributed by atoms with Gasteiger partial charge in [-0.15, -0.1) is 0 Å². The van der Waals surface area contributed by atoms with Crippen LogP contribution in [0.4, 0.5) is 4.79 Å². The Morgan fingerprint density at radius 1 is 1.42 bits per heavy atom. The Morgan fingerprint density at radius 2 is 2.21 bits per heavy atom. The lowest BCUT2D eigenvalue weighted by atomic mass is 9.98. The number of furan rings is 1. The number of carbonyl (C=O) groups excluding carboxylic acids is 1. The second-order valence-electron chi connectivity index (χ2n) is 7.83. The van der Waals surface area contributed by atoms with E-state index < -0.39 is 5.60 Å². The van der Waals surface area contributed by atoms with Gasteiger partial charge in [0.1, 0.15) is 17.4 Å². The van der Waals surface area contributed by atoms with E-state index in [1.54, 1.807) is 6.07 Å². The summed E-state index contributed by atoms with van der Waals surface area (Å²) < 4.78 is 10.8. The Hall–Kier alpha value is -2.00. The number of carbonyl (C=O) groups is 1. The molecule has 1 amide bonds. The van der Waals surface area contributed by atoms with E-state index in [1.807, 2.05) is 32.9 Å². The van der Waals surface area contributed by atoms with Crippen molar-refractivity contribution in [3.05, 3.63) is 23.7 Å². The van der Waals surface area contributed by atoms with Crippen molar-refractivity contribution in [2.24, 2.45) is 11.8 Å². The Bertz CT molecular complexity index is 641. The number of nitrogens with zero attached hydrogens (tertiary/aromatic N) is 2. The van der Waals surface area contributed by atoms with Crippen LogP contribution in [0.1, 0.15) is 45.1 Å². The van der Waals surface area contributed by atoms with Crippen molar-refractivity contribution in [3.8, 4) is 6.07 Å².